The molecule has 1 aliphatic heterocycles. The van der Waals surface area contributed by atoms with E-state index in [1.165, 1.54) is 0 Å². The molecular weight excluding hydrogens is 350 g/mol. The van der Waals surface area contributed by atoms with Crippen LogP contribution >= 0.6 is 12.4 Å². The van der Waals surface area contributed by atoms with E-state index in [1.807, 2.05) is 31.3 Å². The summed E-state index contributed by atoms with van der Waals surface area (Å²) in [4.78, 5) is 18.2. The molecule has 6 heteroatoms. The SMILES string of the molecule is Cl.Cn1c(-c2cccc(N3CCC(C(=O)O)CC3)c2)nc2ccccc21. The minimum atomic E-state index is -0.673. The normalized spacial score (nSPS) is 15.0. The van der Waals surface area contributed by atoms with Gasteiger partial charge in [0.2, 0.25) is 0 Å². The van der Waals surface area contributed by atoms with Crippen LogP contribution in [0.15, 0.2) is 48.5 Å². The Hall–Kier alpha value is -2.53. The molecule has 1 fully saturated rings. The number of nitrogens with zero attached hydrogens (tertiary/aromatic N) is 3. The molecule has 5 nitrogen and oxygen atoms in total. The molecule has 136 valence electrons. The summed E-state index contributed by atoms with van der Waals surface area (Å²) >= 11 is 0. The van der Waals surface area contributed by atoms with Crippen LogP contribution in [0.5, 0.6) is 0 Å². The van der Waals surface area contributed by atoms with Crippen molar-refractivity contribution in [2.45, 2.75) is 12.8 Å². The molecule has 0 unspecified atom stereocenters. The molecule has 0 bridgehead atoms. The maximum atomic E-state index is 11.1. The maximum absolute atomic E-state index is 11.1. The third-order valence-electron chi connectivity index (χ3n) is 5.10. The zero-order chi connectivity index (χ0) is 17.4. The minimum Gasteiger partial charge on any atom is -0.481 e. The summed E-state index contributed by atoms with van der Waals surface area (Å²) in [7, 11) is 2.04. The highest BCUT2D eigenvalue weighted by Gasteiger charge is 2.24. The molecule has 1 aromatic heterocycles. The molecular formula is C20H22ClN3O2. The quantitative estimate of drug-likeness (QED) is 0.757. The Morgan fingerprint density at radius 1 is 1.12 bits per heavy atom. The van der Waals surface area contributed by atoms with Crippen molar-refractivity contribution in [3.05, 3.63) is 48.5 Å². The molecule has 4 rings (SSSR count). The van der Waals surface area contributed by atoms with Gasteiger partial charge < -0.3 is 14.6 Å². The van der Waals surface area contributed by atoms with E-state index in [1.54, 1.807) is 0 Å². The van der Waals surface area contributed by atoms with Crippen molar-refractivity contribution >= 4 is 35.1 Å². The lowest BCUT2D eigenvalue weighted by molar-refractivity contribution is -0.142. The Kier molecular flexibility index (Phi) is 5.18. The van der Waals surface area contributed by atoms with E-state index in [2.05, 4.69) is 33.7 Å². The van der Waals surface area contributed by atoms with Gasteiger partial charge in [-0.15, -0.1) is 12.4 Å². The van der Waals surface area contributed by atoms with E-state index in [0.717, 1.165) is 41.2 Å². The summed E-state index contributed by atoms with van der Waals surface area (Å²) < 4.78 is 2.12. The molecule has 2 heterocycles. The van der Waals surface area contributed by atoms with Gasteiger partial charge in [0.05, 0.1) is 17.0 Å². The van der Waals surface area contributed by atoms with Crippen molar-refractivity contribution in [2.24, 2.45) is 13.0 Å². The van der Waals surface area contributed by atoms with Crippen molar-refractivity contribution in [3.8, 4) is 11.4 Å². The summed E-state index contributed by atoms with van der Waals surface area (Å²) in [5.74, 6) is 0.0656. The molecule has 1 aliphatic rings. The molecule has 1 N–H and O–H groups in total. The van der Waals surface area contributed by atoms with E-state index < -0.39 is 5.97 Å². The van der Waals surface area contributed by atoms with Crippen molar-refractivity contribution in [1.29, 1.82) is 0 Å². The van der Waals surface area contributed by atoms with Crippen molar-refractivity contribution in [1.82, 2.24) is 9.55 Å². The van der Waals surface area contributed by atoms with Crippen LogP contribution in [-0.4, -0.2) is 33.7 Å². The predicted octanol–water partition coefficient (Wildman–Crippen LogP) is 3.96. The van der Waals surface area contributed by atoms with Gasteiger partial charge in [0.25, 0.3) is 0 Å². The summed E-state index contributed by atoms with van der Waals surface area (Å²) in [5, 5.41) is 9.16. The molecule has 1 saturated heterocycles. The van der Waals surface area contributed by atoms with Gasteiger partial charge in [0, 0.05) is 31.4 Å². The summed E-state index contributed by atoms with van der Waals surface area (Å²) in [6, 6.07) is 16.5. The Bertz CT molecular complexity index is 930. The molecule has 0 saturated carbocycles. The zero-order valence-corrected chi connectivity index (χ0v) is 15.4. The van der Waals surface area contributed by atoms with Crippen LogP contribution in [0.2, 0.25) is 0 Å². The topological polar surface area (TPSA) is 58.4 Å². The number of aromatic nitrogens is 2. The smallest absolute Gasteiger partial charge is 0.306 e. The highest BCUT2D eigenvalue weighted by atomic mass is 35.5. The Labute approximate surface area is 158 Å². The lowest BCUT2D eigenvalue weighted by atomic mass is 9.96. The first kappa shape index (κ1) is 18.3. The van der Waals surface area contributed by atoms with Crippen LogP contribution < -0.4 is 4.90 Å². The van der Waals surface area contributed by atoms with Gasteiger partial charge in [-0.2, -0.15) is 0 Å². The number of imidazole rings is 1. The third kappa shape index (κ3) is 3.27. The van der Waals surface area contributed by atoms with Crippen molar-refractivity contribution in [2.75, 3.05) is 18.0 Å². The van der Waals surface area contributed by atoms with Gasteiger partial charge in [-0.1, -0.05) is 24.3 Å². The average molecular weight is 372 g/mol. The Morgan fingerprint density at radius 2 is 1.85 bits per heavy atom. The highest BCUT2D eigenvalue weighted by Crippen LogP contribution is 2.29. The van der Waals surface area contributed by atoms with Crippen LogP contribution in [0.4, 0.5) is 5.69 Å². The van der Waals surface area contributed by atoms with Crippen LogP contribution in [0.3, 0.4) is 0 Å². The third-order valence-corrected chi connectivity index (χ3v) is 5.10. The fourth-order valence-corrected chi connectivity index (χ4v) is 3.63. The number of fused-ring (bicyclic) bond motifs is 1. The molecule has 0 radical (unpaired) electrons. The molecule has 26 heavy (non-hydrogen) atoms. The average Bonchev–Trinajstić information content (AvgIpc) is 2.99. The highest BCUT2D eigenvalue weighted by molar-refractivity contribution is 5.85. The van der Waals surface area contributed by atoms with E-state index in [-0.39, 0.29) is 18.3 Å². The van der Waals surface area contributed by atoms with E-state index in [9.17, 15) is 4.79 Å². The van der Waals surface area contributed by atoms with Crippen molar-refractivity contribution < 1.29 is 9.90 Å². The number of rotatable bonds is 3. The maximum Gasteiger partial charge on any atom is 0.306 e. The summed E-state index contributed by atoms with van der Waals surface area (Å²) in [6.45, 7) is 1.56. The van der Waals surface area contributed by atoms with Gasteiger partial charge in [0.1, 0.15) is 5.82 Å². The number of para-hydroxylation sites is 2. The number of aryl methyl sites for hydroxylation is 1. The van der Waals surface area contributed by atoms with Gasteiger partial charge in [-0.3, -0.25) is 4.79 Å². The minimum absolute atomic E-state index is 0. The number of carboxylic acids is 1. The first-order chi connectivity index (χ1) is 12.1. The molecule has 0 aliphatic carbocycles. The molecule has 0 atom stereocenters. The van der Waals surface area contributed by atoms with Crippen LogP contribution in [0.25, 0.3) is 22.4 Å². The molecule has 3 aromatic rings. The lowest BCUT2D eigenvalue weighted by Gasteiger charge is -2.32. The predicted molar refractivity (Wildman–Crippen MR) is 106 cm³/mol. The number of aliphatic carboxylic acids is 1. The first-order valence-corrected chi connectivity index (χ1v) is 8.63. The van der Waals surface area contributed by atoms with E-state index in [4.69, 9.17) is 10.1 Å². The van der Waals surface area contributed by atoms with E-state index >= 15 is 0 Å². The van der Waals surface area contributed by atoms with Gasteiger partial charge in [-0.05, 0) is 37.1 Å². The Balaban J connectivity index is 0.00000196. The number of carboxylic acid groups (broad SMARTS) is 1. The second-order valence-corrected chi connectivity index (χ2v) is 6.63. The van der Waals surface area contributed by atoms with Crippen LogP contribution in [0.1, 0.15) is 12.8 Å². The number of piperidine rings is 1. The summed E-state index contributed by atoms with van der Waals surface area (Å²) in [6.07, 6.45) is 1.40. The standard InChI is InChI=1S/C20H21N3O2.ClH/c1-22-18-8-3-2-7-17(18)21-19(22)15-5-4-6-16(13-15)23-11-9-14(10-12-23)20(24)25;/h2-8,13-14H,9-12H2,1H3,(H,24,25);1H. The van der Waals surface area contributed by atoms with Gasteiger partial charge in [0.15, 0.2) is 0 Å². The molecule has 2 aromatic carbocycles. The number of hydrogen-bond acceptors (Lipinski definition) is 3. The largest absolute Gasteiger partial charge is 0.481 e. The number of anilines is 1. The first-order valence-electron chi connectivity index (χ1n) is 8.63. The van der Waals surface area contributed by atoms with Crippen LogP contribution in [0, 0.1) is 5.92 Å². The van der Waals surface area contributed by atoms with E-state index in [0.29, 0.717) is 12.8 Å². The molecule has 0 amide bonds. The van der Waals surface area contributed by atoms with Crippen molar-refractivity contribution in [3.63, 3.8) is 0 Å². The summed E-state index contributed by atoms with van der Waals surface area (Å²) in [5.41, 5.74) is 4.32. The van der Waals surface area contributed by atoms with Crippen LogP contribution in [-0.2, 0) is 11.8 Å². The number of hydrogen-bond donors (Lipinski definition) is 1. The monoisotopic (exact) mass is 371 g/mol. The fraction of sp³-hybridized carbons (Fsp3) is 0.300. The number of carbonyl (C=O) groups is 1. The lowest BCUT2D eigenvalue weighted by Crippen LogP contribution is -2.36. The number of benzene rings is 2. The van der Waals surface area contributed by atoms with Gasteiger partial charge in [-0.25, -0.2) is 4.98 Å². The van der Waals surface area contributed by atoms with Gasteiger partial charge >= 0.3 is 5.97 Å². The zero-order valence-electron chi connectivity index (χ0n) is 14.6. The number of halogens is 1. The second kappa shape index (κ2) is 7.38. The fourth-order valence-electron chi connectivity index (χ4n) is 3.63. The Morgan fingerprint density at radius 3 is 2.54 bits per heavy atom. The second-order valence-electron chi connectivity index (χ2n) is 6.63. The molecule has 0 spiro atoms.